The first kappa shape index (κ1) is 15.7. The van der Waals surface area contributed by atoms with E-state index in [1.807, 2.05) is 13.0 Å². The van der Waals surface area contributed by atoms with Crippen LogP contribution in [0.25, 0.3) is 0 Å². The molecule has 0 aliphatic heterocycles. The third-order valence-electron chi connectivity index (χ3n) is 3.23. The zero-order valence-electron chi connectivity index (χ0n) is 12.1. The number of hydrogen-bond donors (Lipinski definition) is 1. The molecule has 5 heteroatoms. The predicted molar refractivity (Wildman–Crippen MR) is 81.2 cm³/mol. The normalized spacial score (nSPS) is 11.6. The highest BCUT2D eigenvalue weighted by atomic mass is 32.2. The summed E-state index contributed by atoms with van der Waals surface area (Å²) in [5, 5.41) is 0. The average molecular weight is 307 g/mol. The molecule has 0 saturated carbocycles. The number of aryl methyl sites for hydroxylation is 2. The van der Waals surface area contributed by atoms with Crippen molar-refractivity contribution in [2.45, 2.75) is 25.2 Å². The largest absolute Gasteiger partial charge is 0.240 e. The summed E-state index contributed by atoms with van der Waals surface area (Å²) in [6, 6.07) is 11.5. The van der Waals surface area contributed by atoms with Gasteiger partial charge in [-0.2, -0.15) is 0 Å². The summed E-state index contributed by atoms with van der Waals surface area (Å²) in [7, 11) is -3.54. The molecular formula is C16H18FNO2S. The Morgan fingerprint density at radius 1 is 1.10 bits per heavy atom. The molecule has 0 amide bonds. The zero-order valence-corrected chi connectivity index (χ0v) is 12.9. The quantitative estimate of drug-likeness (QED) is 0.923. The molecule has 0 fully saturated rings. The van der Waals surface area contributed by atoms with Crippen LogP contribution in [0.4, 0.5) is 4.39 Å². The van der Waals surface area contributed by atoms with Crippen LogP contribution in [0.2, 0.25) is 0 Å². The van der Waals surface area contributed by atoms with Crippen molar-refractivity contribution in [3.8, 4) is 0 Å². The number of halogens is 1. The molecule has 0 atom stereocenters. The van der Waals surface area contributed by atoms with Crippen LogP contribution in [-0.2, 0) is 16.4 Å². The third-order valence-corrected chi connectivity index (χ3v) is 4.83. The second-order valence-corrected chi connectivity index (χ2v) is 6.78. The molecule has 0 heterocycles. The van der Waals surface area contributed by atoms with E-state index in [1.54, 1.807) is 31.2 Å². The van der Waals surface area contributed by atoms with Gasteiger partial charge in [0.2, 0.25) is 10.0 Å². The Bertz CT molecular complexity index is 742. The van der Waals surface area contributed by atoms with Gasteiger partial charge in [0.05, 0.1) is 4.90 Å². The molecule has 0 aliphatic rings. The van der Waals surface area contributed by atoms with Gasteiger partial charge in [-0.1, -0.05) is 24.3 Å². The van der Waals surface area contributed by atoms with Crippen LogP contribution in [0.3, 0.4) is 0 Å². The van der Waals surface area contributed by atoms with E-state index >= 15 is 0 Å². The van der Waals surface area contributed by atoms with Crippen LogP contribution < -0.4 is 4.72 Å². The van der Waals surface area contributed by atoms with E-state index < -0.39 is 10.0 Å². The summed E-state index contributed by atoms with van der Waals surface area (Å²) in [5.74, 6) is -0.315. The molecule has 0 aliphatic carbocycles. The van der Waals surface area contributed by atoms with E-state index in [0.29, 0.717) is 16.9 Å². The molecule has 2 rings (SSSR count). The van der Waals surface area contributed by atoms with Gasteiger partial charge >= 0.3 is 0 Å². The van der Waals surface area contributed by atoms with E-state index in [9.17, 15) is 12.8 Å². The van der Waals surface area contributed by atoms with Crippen molar-refractivity contribution < 1.29 is 12.8 Å². The van der Waals surface area contributed by atoms with E-state index in [-0.39, 0.29) is 12.4 Å². The first-order chi connectivity index (χ1) is 9.88. The summed E-state index contributed by atoms with van der Waals surface area (Å²) in [5.41, 5.74) is 2.36. The minimum Gasteiger partial charge on any atom is -0.211 e. The zero-order chi connectivity index (χ0) is 15.5. The molecule has 1 N–H and O–H groups in total. The molecule has 0 radical (unpaired) electrons. The van der Waals surface area contributed by atoms with Gasteiger partial charge in [0.15, 0.2) is 0 Å². The Morgan fingerprint density at radius 2 is 1.86 bits per heavy atom. The van der Waals surface area contributed by atoms with Crippen molar-refractivity contribution in [3.05, 3.63) is 65.0 Å². The molecule has 112 valence electrons. The summed E-state index contributed by atoms with van der Waals surface area (Å²) in [6.45, 7) is 3.85. The van der Waals surface area contributed by atoms with E-state index in [1.165, 1.54) is 12.1 Å². The fraction of sp³-hybridized carbons (Fsp3) is 0.250. The van der Waals surface area contributed by atoms with Crippen molar-refractivity contribution in [1.82, 2.24) is 4.72 Å². The lowest BCUT2D eigenvalue weighted by Gasteiger charge is -2.10. The van der Waals surface area contributed by atoms with Gasteiger partial charge in [-0.25, -0.2) is 17.5 Å². The summed E-state index contributed by atoms with van der Waals surface area (Å²) >= 11 is 0. The maximum Gasteiger partial charge on any atom is 0.240 e. The van der Waals surface area contributed by atoms with Gasteiger partial charge < -0.3 is 0 Å². The van der Waals surface area contributed by atoms with Crippen LogP contribution >= 0.6 is 0 Å². The van der Waals surface area contributed by atoms with E-state index in [0.717, 1.165) is 11.1 Å². The van der Waals surface area contributed by atoms with E-state index in [2.05, 4.69) is 4.72 Å². The third kappa shape index (κ3) is 4.12. The summed E-state index contributed by atoms with van der Waals surface area (Å²) < 4.78 is 40.2. The lowest BCUT2D eigenvalue weighted by Crippen LogP contribution is -2.26. The number of hydrogen-bond acceptors (Lipinski definition) is 2. The fourth-order valence-electron chi connectivity index (χ4n) is 2.10. The minimum atomic E-state index is -3.54. The average Bonchev–Trinajstić information content (AvgIpc) is 2.41. The highest BCUT2D eigenvalue weighted by Crippen LogP contribution is 2.16. The Kier molecular flexibility index (Phi) is 4.75. The van der Waals surface area contributed by atoms with Crippen LogP contribution in [0.15, 0.2) is 47.4 Å². The highest BCUT2D eigenvalue weighted by Gasteiger charge is 2.16. The van der Waals surface area contributed by atoms with Gasteiger partial charge in [0.1, 0.15) is 5.82 Å². The highest BCUT2D eigenvalue weighted by molar-refractivity contribution is 7.89. The minimum absolute atomic E-state index is 0.235. The summed E-state index contributed by atoms with van der Waals surface area (Å²) in [6.07, 6.45) is 0.446. The molecule has 0 aromatic heterocycles. The van der Waals surface area contributed by atoms with Gasteiger partial charge in [-0.15, -0.1) is 0 Å². The Hall–Kier alpha value is -1.72. The second kappa shape index (κ2) is 6.37. The van der Waals surface area contributed by atoms with Gasteiger partial charge in [-0.05, 0) is 55.2 Å². The molecule has 2 aromatic rings. The maximum atomic E-state index is 13.1. The Balaban J connectivity index is 2.06. The lowest BCUT2D eigenvalue weighted by atomic mass is 10.1. The van der Waals surface area contributed by atoms with Crippen LogP contribution in [0.5, 0.6) is 0 Å². The molecule has 21 heavy (non-hydrogen) atoms. The Morgan fingerprint density at radius 3 is 2.57 bits per heavy atom. The van der Waals surface area contributed by atoms with Crippen LogP contribution in [0.1, 0.15) is 16.7 Å². The van der Waals surface area contributed by atoms with Crippen molar-refractivity contribution in [2.75, 3.05) is 6.54 Å². The monoisotopic (exact) mass is 307 g/mol. The molecule has 2 aromatic carbocycles. The fourth-order valence-corrected chi connectivity index (χ4v) is 3.46. The standard InChI is InChI=1S/C16H18FNO2S/c1-12-6-7-13(2)16(10-12)21(19,20)18-9-8-14-4-3-5-15(17)11-14/h3-7,10-11,18H,8-9H2,1-2H3. The Labute approximate surface area is 124 Å². The molecule has 3 nitrogen and oxygen atoms in total. The number of nitrogens with one attached hydrogen (secondary N) is 1. The van der Waals surface area contributed by atoms with Gasteiger partial charge in [0.25, 0.3) is 0 Å². The molecular weight excluding hydrogens is 289 g/mol. The van der Waals surface area contributed by atoms with Gasteiger partial charge in [0, 0.05) is 6.54 Å². The van der Waals surface area contributed by atoms with E-state index in [4.69, 9.17) is 0 Å². The number of benzene rings is 2. The molecule has 0 unspecified atom stereocenters. The van der Waals surface area contributed by atoms with Crippen molar-refractivity contribution in [3.63, 3.8) is 0 Å². The van der Waals surface area contributed by atoms with Crippen molar-refractivity contribution >= 4 is 10.0 Å². The van der Waals surface area contributed by atoms with Crippen molar-refractivity contribution in [2.24, 2.45) is 0 Å². The topological polar surface area (TPSA) is 46.2 Å². The number of sulfonamides is 1. The smallest absolute Gasteiger partial charge is 0.211 e. The first-order valence-corrected chi connectivity index (χ1v) is 8.18. The summed E-state index contributed by atoms with van der Waals surface area (Å²) in [4.78, 5) is 0.293. The van der Waals surface area contributed by atoms with Crippen LogP contribution in [0, 0.1) is 19.7 Å². The number of rotatable bonds is 5. The predicted octanol–water partition coefficient (Wildman–Crippen LogP) is 2.96. The first-order valence-electron chi connectivity index (χ1n) is 6.70. The van der Waals surface area contributed by atoms with Crippen molar-refractivity contribution in [1.29, 1.82) is 0 Å². The lowest BCUT2D eigenvalue weighted by molar-refractivity contribution is 0.580. The molecule has 0 spiro atoms. The van der Waals surface area contributed by atoms with Crippen LogP contribution in [-0.4, -0.2) is 15.0 Å². The maximum absolute atomic E-state index is 13.1. The second-order valence-electron chi connectivity index (χ2n) is 5.05. The SMILES string of the molecule is Cc1ccc(C)c(S(=O)(=O)NCCc2cccc(F)c2)c1. The molecule has 0 saturated heterocycles. The molecule has 0 bridgehead atoms. The van der Waals surface area contributed by atoms with Gasteiger partial charge in [-0.3, -0.25) is 0 Å².